The number of fused-ring (bicyclic) bond motifs is 1. The molecule has 2 rings (SSSR count). The second-order valence-electron chi connectivity index (χ2n) is 5.16. The Hall–Kier alpha value is -2.30. The van der Waals surface area contributed by atoms with E-state index in [-0.39, 0.29) is 17.0 Å². The molecule has 0 spiro atoms. The normalized spacial score (nSPS) is 10.9. The van der Waals surface area contributed by atoms with Crippen molar-refractivity contribution in [2.45, 2.75) is 39.0 Å². The number of carboxylic acid groups (broad SMARTS) is 1. The number of phenols is 1. The molecule has 0 fully saturated rings. The van der Waals surface area contributed by atoms with Crippen molar-refractivity contribution in [3.63, 3.8) is 0 Å². The molecule has 0 bridgehead atoms. The number of aromatic hydroxyl groups is 1. The number of aromatic amines is 1. The average molecular weight is 289 g/mol. The smallest absolute Gasteiger partial charge is 0.352 e. The van der Waals surface area contributed by atoms with E-state index in [4.69, 9.17) is 5.11 Å². The number of aromatic nitrogens is 1. The fourth-order valence-corrected chi connectivity index (χ4v) is 2.40. The van der Waals surface area contributed by atoms with E-state index in [9.17, 15) is 14.7 Å². The van der Waals surface area contributed by atoms with E-state index in [1.807, 2.05) is 0 Å². The summed E-state index contributed by atoms with van der Waals surface area (Å²) in [6, 6.07) is 4.40. The molecule has 112 valence electrons. The molecule has 0 aliphatic heterocycles. The van der Waals surface area contributed by atoms with Crippen molar-refractivity contribution in [2.75, 3.05) is 0 Å². The monoisotopic (exact) mass is 289 g/mol. The largest absolute Gasteiger partial charge is 0.505 e. The van der Waals surface area contributed by atoms with E-state index in [0.29, 0.717) is 11.8 Å². The number of nitrogens with one attached hydrogen (secondary N) is 1. The highest BCUT2D eigenvalue weighted by Gasteiger charge is 2.13. The summed E-state index contributed by atoms with van der Waals surface area (Å²) in [5, 5.41) is 19.6. The van der Waals surface area contributed by atoms with Crippen LogP contribution in [0.3, 0.4) is 0 Å². The molecular weight excluding hydrogens is 270 g/mol. The highest BCUT2D eigenvalue weighted by molar-refractivity contribution is 5.92. The van der Waals surface area contributed by atoms with Crippen molar-refractivity contribution in [1.82, 2.24) is 4.98 Å². The second kappa shape index (κ2) is 6.43. The summed E-state index contributed by atoms with van der Waals surface area (Å²) in [6.45, 7) is 2.13. The van der Waals surface area contributed by atoms with Crippen LogP contribution >= 0.6 is 0 Å². The zero-order valence-corrected chi connectivity index (χ0v) is 12.0. The van der Waals surface area contributed by atoms with E-state index < -0.39 is 11.4 Å². The summed E-state index contributed by atoms with van der Waals surface area (Å²) in [7, 11) is 0. The van der Waals surface area contributed by atoms with Crippen LogP contribution in [0.1, 0.15) is 48.7 Å². The second-order valence-corrected chi connectivity index (χ2v) is 5.16. The predicted octanol–water partition coefficient (Wildman–Crippen LogP) is 3.05. The first-order valence-electron chi connectivity index (χ1n) is 7.15. The minimum Gasteiger partial charge on any atom is -0.505 e. The van der Waals surface area contributed by atoms with Crippen molar-refractivity contribution in [1.29, 1.82) is 0 Å². The molecule has 3 N–H and O–H groups in total. The van der Waals surface area contributed by atoms with E-state index in [2.05, 4.69) is 11.9 Å². The van der Waals surface area contributed by atoms with Crippen molar-refractivity contribution < 1.29 is 15.0 Å². The number of unbranched alkanes of at least 4 members (excludes halogenated alkanes) is 3. The van der Waals surface area contributed by atoms with Gasteiger partial charge in [0.15, 0.2) is 5.43 Å². The average Bonchev–Trinajstić information content (AvgIpc) is 2.46. The van der Waals surface area contributed by atoms with Crippen LogP contribution in [0.5, 0.6) is 5.75 Å². The van der Waals surface area contributed by atoms with Crippen molar-refractivity contribution in [3.8, 4) is 5.75 Å². The summed E-state index contributed by atoms with van der Waals surface area (Å²) < 4.78 is 0. The van der Waals surface area contributed by atoms with Gasteiger partial charge in [0.05, 0.1) is 5.52 Å². The lowest BCUT2D eigenvalue weighted by Gasteiger charge is -2.08. The minimum absolute atomic E-state index is 0.0239. The molecule has 21 heavy (non-hydrogen) atoms. The Kier molecular flexibility index (Phi) is 4.62. The maximum Gasteiger partial charge on any atom is 0.352 e. The van der Waals surface area contributed by atoms with Crippen LogP contribution in [-0.2, 0) is 6.42 Å². The summed E-state index contributed by atoms with van der Waals surface area (Å²) >= 11 is 0. The fraction of sp³-hybridized carbons (Fsp3) is 0.375. The molecule has 0 aliphatic carbocycles. The van der Waals surface area contributed by atoms with Gasteiger partial charge in [-0.15, -0.1) is 0 Å². The van der Waals surface area contributed by atoms with E-state index >= 15 is 0 Å². The molecule has 0 radical (unpaired) electrons. The van der Waals surface area contributed by atoms with Gasteiger partial charge < -0.3 is 15.2 Å². The number of aryl methyl sites for hydroxylation is 1. The maximum absolute atomic E-state index is 11.9. The van der Waals surface area contributed by atoms with Gasteiger partial charge in [-0.1, -0.05) is 32.3 Å². The van der Waals surface area contributed by atoms with E-state index in [1.165, 1.54) is 0 Å². The standard InChI is InChI=1S/C16H19NO4/c1-2-3-4-5-6-10-7-8-11-13(18)9-12(16(20)21)17-14(11)15(10)19/h7-9,19H,2-6H2,1H3,(H,17,18)(H,20,21). The van der Waals surface area contributed by atoms with Gasteiger partial charge in [0.25, 0.3) is 0 Å². The number of pyridine rings is 1. The van der Waals surface area contributed by atoms with Crippen LogP contribution in [0.4, 0.5) is 0 Å². The Morgan fingerprint density at radius 1 is 1.24 bits per heavy atom. The molecule has 5 heteroatoms. The van der Waals surface area contributed by atoms with Crippen LogP contribution in [0.15, 0.2) is 23.0 Å². The third-order valence-electron chi connectivity index (χ3n) is 3.59. The Bertz CT molecular complexity index is 718. The quantitative estimate of drug-likeness (QED) is 0.713. The molecule has 1 heterocycles. The predicted molar refractivity (Wildman–Crippen MR) is 81.0 cm³/mol. The van der Waals surface area contributed by atoms with Crippen molar-refractivity contribution >= 4 is 16.9 Å². The number of hydrogen-bond acceptors (Lipinski definition) is 3. The number of carboxylic acids is 1. The molecule has 1 aromatic heterocycles. The van der Waals surface area contributed by atoms with Gasteiger partial charge in [0.1, 0.15) is 11.4 Å². The number of H-pyrrole nitrogens is 1. The van der Waals surface area contributed by atoms with Gasteiger partial charge in [-0.2, -0.15) is 0 Å². The van der Waals surface area contributed by atoms with Gasteiger partial charge in [0.2, 0.25) is 0 Å². The van der Waals surface area contributed by atoms with Crippen molar-refractivity contribution in [2.24, 2.45) is 0 Å². The highest BCUT2D eigenvalue weighted by atomic mass is 16.4. The molecule has 0 saturated carbocycles. The molecule has 0 unspecified atom stereocenters. The molecule has 5 nitrogen and oxygen atoms in total. The van der Waals surface area contributed by atoms with Gasteiger partial charge in [0, 0.05) is 11.5 Å². The molecule has 0 amide bonds. The number of rotatable bonds is 6. The first-order chi connectivity index (χ1) is 10.0. The minimum atomic E-state index is -1.22. The summed E-state index contributed by atoms with van der Waals surface area (Å²) in [5.74, 6) is -1.24. The Balaban J connectivity index is 2.40. The highest BCUT2D eigenvalue weighted by Crippen LogP contribution is 2.27. The molecule has 0 atom stereocenters. The van der Waals surface area contributed by atoms with E-state index in [0.717, 1.165) is 37.3 Å². The molecular formula is C16H19NO4. The number of benzene rings is 1. The lowest BCUT2D eigenvalue weighted by molar-refractivity contribution is 0.0691. The van der Waals surface area contributed by atoms with Crippen molar-refractivity contribution in [3.05, 3.63) is 39.7 Å². The SMILES string of the molecule is CCCCCCc1ccc2c(=O)cc(C(=O)O)[nH]c2c1O. The first-order valence-corrected chi connectivity index (χ1v) is 7.15. The number of phenolic OH excluding ortho intramolecular Hbond substituents is 1. The molecule has 0 saturated heterocycles. The first kappa shape index (κ1) is 15.1. The number of hydrogen-bond donors (Lipinski definition) is 3. The summed E-state index contributed by atoms with van der Waals surface area (Å²) in [4.78, 5) is 25.5. The van der Waals surface area contributed by atoms with Crippen LogP contribution in [-0.4, -0.2) is 21.2 Å². The molecule has 0 aliphatic rings. The number of carbonyl (C=O) groups is 1. The zero-order valence-electron chi connectivity index (χ0n) is 12.0. The molecule has 1 aromatic carbocycles. The number of aromatic carboxylic acids is 1. The van der Waals surface area contributed by atoms with Gasteiger partial charge in [-0.05, 0) is 24.5 Å². The van der Waals surface area contributed by atoms with Crippen LogP contribution in [0.25, 0.3) is 10.9 Å². The Morgan fingerprint density at radius 2 is 2.00 bits per heavy atom. The zero-order chi connectivity index (χ0) is 15.4. The van der Waals surface area contributed by atoms with Gasteiger partial charge in [-0.3, -0.25) is 4.79 Å². The lowest BCUT2D eigenvalue weighted by Crippen LogP contribution is -2.10. The Morgan fingerprint density at radius 3 is 2.67 bits per heavy atom. The maximum atomic E-state index is 11.9. The Labute approximate surface area is 122 Å². The third-order valence-corrected chi connectivity index (χ3v) is 3.59. The summed E-state index contributed by atoms with van der Waals surface area (Å²) in [5.41, 5.74) is 0.310. The molecule has 2 aromatic rings. The van der Waals surface area contributed by atoms with E-state index in [1.54, 1.807) is 12.1 Å². The topological polar surface area (TPSA) is 90.4 Å². The third kappa shape index (κ3) is 3.24. The van der Waals surface area contributed by atoms with Crippen LogP contribution in [0, 0.1) is 0 Å². The van der Waals surface area contributed by atoms with Crippen LogP contribution < -0.4 is 5.43 Å². The van der Waals surface area contributed by atoms with Gasteiger partial charge in [-0.25, -0.2) is 4.79 Å². The summed E-state index contributed by atoms with van der Waals surface area (Å²) in [6.07, 6.45) is 5.03. The van der Waals surface area contributed by atoms with Gasteiger partial charge >= 0.3 is 5.97 Å². The lowest BCUT2D eigenvalue weighted by atomic mass is 10.0. The fourth-order valence-electron chi connectivity index (χ4n) is 2.40. The van der Waals surface area contributed by atoms with Crippen LogP contribution in [0.2, 0.25) is 0 Å².